The van der Waals surface area contributed by atoms with Gasteiger partial charge in [-0.25, -0.2) is 0 Å². The molecular weight excluding hydrogens is 148 g/mol. The van der Waals surface area contributed by atoms with Gasteiger partial charge in [0, 0.05) is 6.72 Å². The molecule has 0 aromatic heterocycles. The quantitative estimate of drug-likeness (QED) is 0.377. The normalized spacial score (nSPS) is 10.7. The predicted octanol–water partition coefficient (Wildman–Crippen LogP) is 2.62. The van der Waals surface area contributed by atoms with Crippen molar-refractivity contribution in [1.82, 2.24) is 5.43 Å². The van der Waals surface area contributed by atoms with Gasteiger partial charge in [0.15, 0.2) is 0 Å². The lowest BCUT2D eigenvalue weighted by Crippen LogP contribution is -2.06. The van der Waals surface area contributed by atoms with Crippen molar-refractivity contribution in [3.8, 4) is 0 Å². The molecule has 0 aliphatic rings. The lowest BCUT2D eigenvalue weighted by atomic mass is 10.1. The van der Waals surface area contributed by atoms with Crippen LogP contribution >= 0.6 is 0 Å². The first-order valence-electron chi connectivity index (χ1n) is 3.88. The highest BCUT2D eigenvalue weighted by molar-refractivity contribution is 5.33. The van der Waals surface area contributed by atoms with E-state index in [-0.39, 0.29) is 0 Å². The molecule has 0 aromatic carbocycles. The van der Waals surface area contributed by atoms with Crippen molar-refractivity contribution < 1.29 is 0 Å². The third-order valence-electron chi connectivity index (χ3n) is 1.40. The van der Waals surface area contributed by atoms with E-state index in [0.29, 0.717) is 0 Å². The van der Waals surface area contributed by atoms with Gasteiger partial charge in [0.05, 0.1) is 5.70 Å². The Morgan fingerprint density at radius 3 is 2.42 bits per heavy atom. The van der Waals surface area contributed by atoms with Gasteiger partial charge in [-0.15, -0.1) is 0 Å². The van der Waals surface area contributed by atoms with Crippen LogP contribution in [0.1, 0.15) is 20.3 Å². The summed E-state index contributed by atoms with van der Waals surface area (Å²) in [6.45, 7) is 15.0. The largest absolute Gasteiger partial charge is 0.279 e. The summed E-state index contributed by atoms with van der Waals surface area (Å²) in [6.07, 6.45) is 2.79. The zero-order chi connectivity index (χ0) is 9.56. The Kier molecular flexibility index (Phi) is 4.77. The van der Waals surface area contributed by atoms with Crippen molar-refractivity contribution >= 4 is 6.72 Å². The summed E-state index contributed by atoms with van der Waals surface area (Å²) >= 11 is 0. The fourth-order valence-electron chi connectivity index (χ4n) is 0.735. The highest BCUT2D eigenvalue weighted by atomic mass is 15.3. The van der Waals surface area contributed by atoms with E-state index in [0.717, 1.165) is 23.3 Å². The highest BCUT2D eigenvalue weighted by Gasteiger charge is 1.97. The van der Waals surface area contributed by atoms with Gasteiger partial charge in [0.2, 0.25) is 0 Å². The van der Waals surface area contributed by atoms with Crippen LogP contribution in [0.25, 0.3) is 0 Å². The molecule has 0 aliphatic carbocycles. The molecule has 0 amide bonds. The Labute approximate surface area is 74.4 Å². The minimum Gasteiger partial charge on any atom is -0.279 e. The van der Waals surface area contributed by atoms with E-state index in [1.165, 1.54) is 0 Å². The number of nitrogens with one attached hydrogen (secondary N) is 1. The van der Waals surface area contributed by atoms with Crippen LogP contribution in [-0.2, 0) is 0 Å². The van der Waals surface area contributed by atoms with Crippen molar-refractivity contribution in [3.63, 3.8) is 0 Å². The maximum atomic E-state index is 3.89. The fourth-order valence-corrected chi connectivity index (χ4v) is 0.735. The number of rotatable bonds is 5. The summed E-state index contributed by atoms with van der Waals surface area (Å²) in [5.74, 6) is 0. The first-order valence-corrected chi connectivity index (χ1v) is 3.88. The van der Waals surface area contributed by atoms with Crippen LogP contribution in [0.15, 0.2) is 41.2 Å². The smallest absolute Gasteiger partial charge is 0.0589 e. The number of hydrogen-bond acceptors (Lipinski definition) is 2. The first kappa shape index (κ1) is 10.7. The van der Waals surface area contributed by atoms with E-state index in [2.05, 4.69) is 30.4 Å². The lowest BCUT2D eigenvalue weighted by Gasteiger charge is -2.07. The molecule has 0 bridgehead atoms. The van der Waals surface area contributed by atoms with E-state index >= 15 is 0 Å². The van der Waals surface area contributed by atoms with Crippen LogP contribution in [0.2, 0.25) is 0 Å². The molecule has 66 valence electrons. The molecule has 0 rings (SSSR count). The molecule has 1 N–H and O–H groups in total. The summed E-state index contributed by atoms with van der Waals surface area (Å²) in [6, 6.07) is 0. The van der Waals surface area contributed by atoms with E-state index in [1.54, 1.807) is 0 Å². The Morgan fingerprint density at radius 1 is 1.50 bits per heavy atom. The van der Waals surface area contributed by atoms with Crippen LogP contribution in [0.5, 0.6) is 0 Å². The van der Waals surface area contributed by atoms with Gasteiger partial charge in [-0.2, -0.15) is 5.10 Å². The summed E-state index contributed by atoms with van der Waals surface area (Å²) < 4.78 is 0. The van der Waals surface area contributed by atoms with Gasteiger partial charge in [-0.3, -0.25) is 5.43 Å². The van der Waals surface area contributed by atoms with Crippen LogP contribution in [0.3, 0.4) is 0 Å². The molecule has 0 saturated heterocycles. The van der Waals surface area contributed by atoms with Crippen molar-refractivity contribution in [2.24, 2.45) is 5.10 Å². The first-order chi connectivity index (χ1) is 5.61. The Morgan fingerprint density at radius 2 is 2.08 bits per heavy atom. The van der Waals surface area contributed by atoms with Gasteiger partial charge < -0.3 is 0 Å². The number of nitrogens with zero attached hydrogens (tertiary/aromatic N) is 1. The van der Waals surface area contributed by atoms with E-state index in [1.807, 2.05) is 19.9 Å². The van der Waals surface area contributed by atoms with Gasteiger partial charge in [0.25, 0.3) is 0 Å². The standard InChI is InChI=1S/C10H16N2/c1-6-9(4)10(12-11-5)7-8(2)3/h7,12H,2,4-6H2,1,3H3/b10-7+. The van der Waals surface area contributed by atoms with Crippen molar-refractivity contribution in [2.45, 2.75) is 20.3 Å². The zero-order valence-electron chi connectivity index (χ0n) is 7.85. The minimum absolute atomic E-state index is 0.889. The maximum absolute atomic E-state index is 3.89. The predicted molar refractivity (Wildman–Crippen MR) is 55.0 cm³/mol. The molecule has 0 saturated carbocycles. The Bertz CT molecular complexity index is 224. The van der Waals surface area contributed by atoms with Crippen LogP contribution in [-0.4, -0.2) is 6.72 Å². The monoisotopic (exact) mass is 164 g/mol. The second-order valence-electron chi connectivity index (χ2n) is 2.63. The van der Waals surface area contributed by atoms with Crippen molar-refractivity contribution in [1.29, 1.82) is 0 Å². The molecule has 2 heteroatoms. The van der Waals surface area contributed by atoms with Gasteiger partial charge >= 0.3 is 0 Å². The molecule has 0 unspecified atom stereocenters. The summed E-state index contributed by atoms with van der Waals surface area (Å²) in [5, 5.41) is 3.59. The van der Waals surface area contributed by atoms with Gasteiger partial charge in [0.1, 0.15) is 0 Å². The SMILES string of the molecule is C=NN/C(=C/C(=C)C)C(=C)CC. The summed E-state index contributed by atoms with van der Waals surface area (Å²) in [4.78, 5) is 0. The molecular formula is C10H16N2. The van der Waals surface area contributed by atoms with Crippen molar-refractivity contribution in [2.75, 3.05) is 0 Å². The fraction of sp³-hybridized carbons (Fsp3) is 0.300. The molecule has 0 fully saturated rings. The van der Waals surface area contributed by atoms with E-state index in [4.69, 9.17) is 0 Å². The Hall–Kier alpha value is -1.31. The molecule has 0 aliphatic heterocycles. The summed E-state index contributed by atoms with van der Waals surface area (Å²) in [7, 11) is 0. The molecule has 12 heavy (non-hydrogen) atoms. The Balaban J connectivity index is 4.52. The molecule has 0 spiro atoms. The van der Waals surface area contributed by atoms with Crippen LogP contribution in [0.4, 0.5) is 0 Å². The number of hydrogen-bond donors (Lipinski definition) is 1. The minimum atomic E-state index is 0.889. The highest BCUT2D eigenvalue weighted by Crippen LogP contribution is 2.10. The second-order valence-corrected chi connectivity index (χ2v) is 2.63. The van der Waals surface area contributed by atoms with Crippen LogP contribution < -0.4 is 5.43 Å². The molecule has 0 aromatic rings. The topological polar surface area (TPSA) is 24.4 Å². The van der Waals surface area contributed by atoms with Crippen molar-refractivity contribution in [3.05, 3.63) is 36.1 Å². The average Bonchev–Trinajstić information content (AvgIpc) is 2.01. The lowest BCUT2D eigenvalue weighted by molar-refractivity contribution is 0.883. The molecule has 0 heterocycles. The second kappa shape index (κ2) is 5.35. The van der Waals surface area contributed by atoms with E-state index in [9.17, 15) is 0 Å². The van der Waals surface area contributed by atoms with E-state index < -0.39 is 0 Å². The summed E-state index contributed by atoms with van der Waals surface area (Å²) in [5.41, 5.74) is 5.64. The molecule has 2 nitrogen and oxygen atoms in total. The number of hydrazone groups is 1. The zero-order valence-corrected chi connectivity index (χ0v) is 7.85. The maximum Gasteiger partial charge on any atom is 0.0589 e. The van der Waals surface area contributed by atoms with Gasteiger partial charge in [-0.05, 0) is 25.0 Å². The average molecular weight is 164 g/mol. The van der Waals surface area contributed by atoms with Gasteiger partial charge in [-0.1, -0.05) is 25.7 Å². The third kappa shape index (κ3) is 3.76. The molecule has 0 atom stereocenters. The number of allylic oxidation sites excluding steroid dienone is 3. The third-order valence-corrected chi connectivity index (χ3v) is 1.40. The van der Waals surface area contributed by atoms with Crippen LogP contribution in [0, 0.1) is 0 Å². The molecule has 0 radical (unpaired) electrons.